The summed E-state index contributed by atoms with van der Waals surface area (Å²) in [5.74, 6) is -1.07. The molecule has 0 saturated carbocycles. The molecule has 0 bridgehead atoms. The zero-order valence-electron chi connectivity index (χ0n) is 14.9. The van der Waals surface area contributed by atoms with Crippen molar-refractivity contribution < 1.29 is 32.0 Å². The molecule has 1 aromatic rings. The van der Waals surface area contributed by atoms with Crippen LogP contribution in [0.2, 0.25) is 0 Å². The summed E-state index contributed by atoms with van der Waals surface area (Å²) in [5.41, 5.74) is 5.24. The summed E-state index contributed by atoms with van der Waals surface area (Å²) < 4.78 is 32.9. The average molecular weight is 386 g/mol. The Labute approximate surface area is 151 Å². The molecule has 2 N–H and O–H groups in total. The van der Waals surface area contributed by atoms with Gasteiger partial charge in [0.1, 0.15) is 17.1 Å². The number of sulfone groups is 1. The Morgan fingerprint density at radius 2 is 1.77 bits per heavy atom. The molecule has 26 heavy (non-hydrogen) atoms. The number of hydrogen-bond donors (Lipinski definition) is 2. The molecular weight excluding hydrogens is 364 g/mol. The number of aryl methyl sites for hydroxylation is 2. The van der Waals surface area contributed by atoms with Crippen LogP contribution in [0.15, 0.2) is 4.42 Å². The van der Waals surface area contributed by atoms with Gasteiger partial charge in [-0.15, -0.1) is 0 Å². The number of carbonyl (C=O) groups excluding carboxylic acids is 3. The molecule has 1 aliphatic rings. The SMILES string of the molecule is Cc1oc(C)c(C(=O)OCC(=O)NNC(=O)C[C@@H]2CCS(=O)(=O)C2)c1C. The minimum atomic E-state index is -3.05. The van der Waals surface area contributed by atoms with Crippen LogP contribution in [-0.2, 0) is 24.2 Å². The Morgan fingerprint density at radius 1 is 1.12 bits per heavy atom. The highest BCUT2D eigenvalue weighted by Gasteiger charge is 2.29. The van der Waals surface area contributed by atoms with Crippen LogP contribution >= 0.6 is 0 Å². The summed E-state index contributed by atoms with van der Waals surface area (Å²) in [6.45, 7) is 4.49. The van der Waals surface area contributed by atoms with Gasteiger partial charge in [0.05, 0.1) is 11.5 Å². The van der Waals surface area contributed by atoms with Gasteiger partial charge in [-0.25, -0.2) is 13.2 Å². The van der Waals surface area contributed by atoms with Crippen molar-refractivity contribution in [2.75, 3.05) is 18.1 Å². The minimum Gasteiger partial charge on any atom is -0.465 e. The van der Waals surface area contributed by atoms with Gasteiger partial charge in [-0.2, -0.15) is 0 Å². The van der Waals surface area contributed by atoms with Crippen molar-refractivity contribution in [2.45, 2.75) is 33.6 Å². The average Bonchev–Trinajstić information content (AvgIpc) is 3.01. The second-order valence-electron chi connectivity index (χ2n) is 6.36. The number of amides is 2. The molecule has 2 heterocycles. The fraction of sp³-hybridized carbons (Fsp3) is 0.562. The molecule has 1 atom stereocenters. The molecule has 0 radical (unpaired) electrons. The lowest BCUT2D eigenvalue weighted by atomic mass is 10.1. The lowest BCUT2D eigenvalue weighted by Gasteiger charge is -2.10. The Morgan fingerprint density at radius 3 is 2.31 bits per heavy atom. The molecule has 0 aliphatic carbocycles. The van der Waals surface area contributed by atoms with Crippen LogP contribution < -0.4 is 10.9 Å². The number of carbonyl (C=O) groups is 3. The zero-order chi connectivity index (χ0) is 19.5. The van der Waals surface area contributed by atoms with Crippen molar-refractivity contribution in [3.63, 3.8) is 0 Å². The summed E-state index contributed by atoms with van der Waals surface area (Å²) in [6, 6.07) is 0. The Hall–Kier alpha value is -2.36. The van der Waals surface area contributed by atoms with Crippen LogP contribution in [-0.4, -0.2) is 44.3 Å². The van der Waals surface area contributed by atoms with E-state index in [1.54, 1.807) is 20.8 Å². The van der Waals surface area contributed by atoms with E-state index in [2.05, 4.69) is 10.9 Å². The lowest BCUT2D eigenvalue weighted by Crippen LogP contribution is -2.44. The number of hydrazine groups is 1. The summed E-state index contributed by atoms with van der Waals surface area (Å²) in [7, 11) is -3.05. The molecular formula is C16H22N2O7S. The molecule has 9 nitrogen and oxygen atoms in total. The first kappa shape index (κ1) is 20.0. The molecule has 0 spiro atoms. The van der Waals surface area contributed by atoms with Crippen LogP contribution in [0.25, 0.3) is 0 Å². The maximum Gasteiger partial charge on any atom is 0.342 e. The number of hydrogen-bond acceptors (Lipinski definition) is 7. The highest BCUT2D eigenvalue weighted by Crippen LogP contribution is 2.22. The van der Waals surface area contributed by atoms with Crippen LogP contribution in [0.3, 0.4) is 0 Å². The van der Waals surface area contributed by atoms with Gasteiger partial charge in [-0.05, 0) is 33.1 Å². The van der Waals surface area contributed by atoms with Gasteiger partial charge < -0.3 is 9.15 Å². The third-order valence-corrected chi connectivity index (χ3v) is 6.08. The Kier molecular flexibility index (Phi) is 6.06. The van der Waals surface area contributed by atoms with E-state index in [1.165, 1.54) is 0 Å². The van der Waals surface area contributed by atoms with E-state index in [-0.39, 0.29) is 29.4 Å². The van der Waals surface area contributed by atoms with Crippen LogP contribution in [0, 0.1) is 26.7 Å². The van der Waals surface area contributed by atoms with Crippen molar-refractivity contribution in [3.8, 4) is 0 Å². The second kappa shape index (κ2) is 7.90. The van der Waals surface area contributed by atoms with Gasteiger partial charge in [-0.3, -0.25) is 20.4 Å². The second-order valence-corrected chi connectivity index (χ2v) is 8.59. The van der Waals surface area contributed by atoms with E-state index in [0.29, 0.717) is 23.5 Å². The number of rotatable bonds is 5. The standard InChI is InChI=1S/C16H22N2O7S/c1-9-10(2)25-11(3)15(9)16(21)24-7-14(20)18-17-13(19)6-12-4-5-26(22,23)8-12/h12H,4-8H2,1-3H3,(H,17,19)(H,18,20)/t12-/m0/s1. The van der Waals surface area contributed by atoms with E-state index in [4.69, 9.17) is 9.15 Å². The van der Waals surface area contributed by atoms with Gasteiger partial charge in [-0.1, -0.05) is 0 Å². The molecule has 1 fully saturated rings. The summed E-state index contributed by atoms with van der Waals surface area (Å²) >= 11 is 0. The van der Waals surface area contributed by atoms with Gasteiger partial charge in [0, 0.05) is 12.0 Å². The van der Waals surface area contributed by atoms with E-state index in [0.717, 1.165) is 0 Å². The molecule has 2 amide bonds. The maximum atomic E-state index is 12.0. The lowest BCUT2D eigenvalue weighted by molar-refractivity contribution is -0.131. The van der Waals surface area contributed by atoms with Gasteiger partial charge in [0.25, 0.3) is 5.91 Å². The minimum absolute atomic E-state index is 0.00594. The molecule has 0 unspecified atom stereocenters. The molecule has 10 heteroatoms. The topological polar surface area (TPSA) is 132 Å². The van der Waals surface area contributed by atoms with Gasteiger partial charge in [0.2, 0.25) is 5.91 Å². The molecule has 1 saturated heterocycles. The third kappa shape index (κ3) is 5.07. The monoisotopic (exact) mass is 386 g/mol. The summed E-state index contributed by atoms with van der Waals surface area (Å²) in [6.07, 6.45) is 0.441. The van der Waals surface area contributed by atoms with Crippen LogP contribution in [0.1, 0.15) is 40.3 Å². The zero-order valence-corrected chi connectivity index (χ0v) is 15.7. The van der Waals surface area contributed by atoms with E-state index < -0.39 is 34.2 Å². The number of esters is 1. The fourth-order valence-electron chi connectivity index (χ4n) is 2.82. The molecule has 0 aromatic carbocycles. The number of ether oxygens (including phenoxy) is 1. The first-order valence-corrected chi connectivity index (χ1v) is 9.93. The predicted molar refractivity (Wildman–Crippen MR) is 90.9 cm³/mol. The van der Waals surface area contributed by atoms with Crippen LogP contribution in [0.4, 0.5) is 0 Å². The van der Waals surface area contributed by atoms with Crippen molar-refractivity contribution in [3.05, 3.63) is 22.6 Å². The molecule has 1 aromatic heterocycles. The molecule has 144 valence electrons. The Bertz CT molecular complexity index is 826. The normalized spacial score (nSPS) is 18.3. The third-order valence-electron chi connectivity index (χ3n) is 4.24. The fourth-order valence-corrected chi connectivity index (χ4v) is 4.68. The summed E-state index contributed by atoms with van der Waals surface area (Å²) in [4.78, 5) is 35.4. The highest BCUT2D eigenvalue weighted by molar-refractivity contribution is 7.91. The van der Waals surface area contributed by atoms with E-state index >= 15 is 0 Å². The van der Waals surface area contributed by atoms with Crippen molar-refractivity contribution >= 4 is 27.6 Å². The molecule has 1 aliphatic heterocycles. The maximum absolute atomic E-state index is 12.0. The van der Waals surface area contributed by atoms with Crippen molar-refractivity contribution in [1.82, 2.24) is 10.9 Å². The van der Waals surface area contributed by atoms with E-state index in [9.17, 15) is 22.8 Å². The van der Waals surface area contributed by atoms with Gasteiger partial charge >= 0.3 is 5.97 Å². The largest absolute Gasteiger partial charge is 0.465 e. The number of furan rings is 1. The Balaban J connectivity index is 1.73. The quantitative estimate of drug-likeness (QED) is 0.551. The van der Waals surface area contributed by atoms with Gasteiger partial charge in [0.15, 0.2) is 16.4 Å². The van der Waals surface area contributed by atoms with Crippen molar-refractivity contribution in [1.29, 1.82) is 0 Å². The first-order chi connectivity index (χ1) is 12.1. The smallest absolute Gasteiger partial charge is 0.342 e. The predicted octanol–water partition coefficient (Wildman–Crippen LogP) is 0.334. The highest BCUT2D eigenvalue weighted by atomic mass is 32.2. The summed E-state index contributed by atoms with van der Waals surface area (Å²) in [5, 5.41) is 0. The van der Waals surface area contributed by atoms with Crippen molar-refractivity contribution in [2.24, 2.45) is 5.92 Å². The molecule has 2 rings (SSSR count). The van der Waals surface area contributed by atoms with E-state index in [1.807, 2.05) is 0 Å². The number of nitrogens with one attached hydrogen (secondary N) is 2. The van der Waals surface area contributed by atoms with Crippen LogP contribution in [0.5, 0.6) is 0 Å². The first-order valence-electron chi connectivity index (χ1n) is 8.11.